The number of carbonyl (C=O) groups is 2. The summed E-state index contributed by atoms with van der Waals surface area (Å²) in [7, 11) is 1.50. The molecule has 1 unspecified atom stereocenters. The summed E-state index contributed by atoms with van der Waals surface area (Å²) in [6, 6.07) is 14.9. The zero-order chi connectivity index (χ0) is 21.5. The van der Waals surface area contributed by atoms with Crippen molar-refractivity contribution in [3.63, 3.8) is 0 Å². The van der Waals surface area contributed by atoms with Gasteiger partial charge in [-0.25, -0.2) is 9.59 Å². The fourth-order valence-electron chi connectivity index (χ4n) is 2.95. The van der Waals surface area contributed by atoms with Crippen LogP contribution in [0, 0.1) is 0 Å². The van der Waals surface area contributed by atoms with Gasteiger partial charge in [0, 0.05) is 29.0 Å². The average Bonchev–Trinajstić information content (AvgIpc) is 2.73. The molecule has 0 aliphatic rings. The van der Waals surface area contributed by atoms with Crippen LogP contribution in [0.15, 0.2) is 63.8 Å². The Morgan fingerprint density at radius 3 is 2.63 bits per heavy atom. The number of carboxylic acid groups (broad SMARTS) is 1. The highest BCUT2D eigenvalue weighted by atomic mass is 32.2. The van der Waals surface area contributed by atoms with Crippen molar-refractivity contribution < 1.29 is 23.8 Å². The van der Waals surface area contributed by atoms with Crippen LogP contribution in [0.4, 0.5) is 0 Å². The Labute approximate surface area is 177 Å². The largest absolute Gasteiger partial charge is 0.497 e. The minimum absolute atomic E-state index is 0.137. The number of benzene rings is 2. The van der Waals surface area contributed by atoms with E-state index in [0.29, 0.717) is 28.0 Å². The van der Waals surface area contributed by atoms with E-state index in [9.17, 15) is 19.5 Å². The first-order valence-corrected chi connectivity index (χ1v) is 10.4. The predicted octanol–water partition coefficient (Wildman–Crippen LogP) is 2.85. The molecule has 7 nitrogen and oxygen atoms in total. The monoisotopic (exact) mass is 427 g/mol. The van der Waals surface area contributed by atoms with E-state index in [1.54, 1.807) is 18.2 Å². The Bertz CT molecular complexity index is 1100. The first-order chi connectivity index (χ1) is 14.5. The maximum absolute atomic E-state index is 12.5. The van der Waals surface area contributed by atoms with Crippen LogP contribution in [0.3, 0.4) is 0 Å². The lowest BCUT2D eigenvalue weighted by molar-refractivity contribution is -0.141. The van der Waals surface area contributed by atoms with Gasteiger partial charge < -0.3 is 19.6 Å². The number of thioether (sulfide) groups is 1. The van der Waals surface area contributed by atoms with Gasteiger partial charge in [0.25, 0.3) is 0 Å². The van der Waals surface area contributed by atoms with E-state index in [1.165, 1.54) is 24.9 Å². The molecule has 3 aromatic rings. The number of hydrogen-bond donors (Lipinski definition) is 2. The quantitative estimate of drug-likeness (QED) is 0.506. The van der Waals surface area contributed by atoms with Gasteiger partial charge in [0.05, 0.1) is 13.5 Å². The predicted molar refractivity (Wildman–Crippen MR) is 115 cm³/mol. The van der Waals surface area contributed by atoms with Gasteiger partial charge in [-0.2, -0.15) is 11.8 Å². The second-order valence-corrected chi connectivity index (χ2v) is 7.62. The van der Waals surface area contributed by atoms with E-state index in [0.717, 1.165) is 5.56 Å². The van der Waals surface area contributed by atoms with Gasteiger partial charge >= 0.3 is 11.6 Å². The molecule has 8 heteroatoms. The molecule has 3 rings (SSSR count). The summed E-state index contributed by atoms with van der Waals surface area (Å²) in [6.07, 6.45) is -0.137. The lowest BCUT2D eigenvalue weighted by Crippen LogP contribution is -2.43. The molecule has 1 amide bonds. The van der Waals surface area contributed by atoms with Gasteiger partial charge in [0.15, 0.2) is 0 Å². The topological polar surface area (TPSA) is 106 Å². The number of carboxylic acids is 1. The zero-order valence-electron chi connectivity index (χ0n) is 16.3. The maximum Gasteiger partial charge on any atom is 0.336 e. The number of hydrogen-bond acceptors (Lipinski definition) is 6. The standard InChI is InChI=1S/C22H21NO6S/c1-28-16-7-8-17-15(10-21(25)29-19(17)11-16)9-20(24)23-18(22(26)27)13-30-12-14-5-3-2-4-6-14/h2-8,10-11,18H,9,12-13H2,1H3,(H,23,24)(H,26,27). The Morgan fingerprint density at radius 1 is 1.17 bits per heavy atom. The Balaban J connectivity index is 1.66. The van der Waals surface area contributed by atoms with E-state index >= 15 is 0 Å². The molecule has 2 N–H and O–H groups in total. The number of methoxy groups -OCH3 is 1. The summed E-state index contributed by atoms with van der Waals surface area (Å²) in [6.45, 7) is 0. The van der Waals surface area contributed by atoms with Crippen molar-refractivity contribution in [2.24, 2.45) is 0 Å². The van der Waals surface area contributed by atoms with Crippen molar-refractivity contribution in [3.05, 3.63) is 76.1 Å². The fourth-order valence-corrected chi connectivity index (χ4v) is 3.95. The number of amides is 1. The van der Waals surface area contributed by atoms with E-state index in [1.807, 2.05) is 30.3 Å². The van der Waals surface area contributed by atoms with Crippen molar-refractivity contribution in [1.29, 1.82) is 0 Å². The highest BCUT2D eigenvalue weighted by Gasteiger charge is 2.21. The number of ether oxygens (including phenoxy) is 1. The van der Waals surface area contributed by atoms with Crippen LogP contribution < -0.4 is 15.7 Å². The van der Waals surface area contributed by atoms with Gasteiger partial charge in [0.2, 0.25) is 5.91 Å². The Morgan fingerprint density at radius 2 is 1.93 bits per heavy atom. The van der Waals surface area contributed by atoms with Crippen LogP contribution >= 0.6 is 11.8 Å². The molecule has 30 heavy (non-hydrogen) atoms. The fraction of sp³-hybridized carbons (Fsp3) is 0.227. The molecule has 0 radical (unpaired) electrons. The number of fused-ring (bicyclic) bond motifs is 1. The van der Waals surface area contributed by atoms with Crippen LogP contribution in [0.25, 0.3) is 11.0 Å². The van der Waals surface area contributed by atoms with Crippen molar-refractivity contribution in [2.45, 2.75) is 18.2 Å². The zero-order valence-corrected chi connectivity index (χ0v) is 17.1. The van der Waals surface area contributed by atoms with E-state index < -0.39 is 23.5 Å². The molecular weight excluding hydrogens is 406 g/mol. The number of rotatable bonds is 9. The van der Waals surface area contributed by atoms with Crippen LogP contribution in [-0.2, 0) is 21.8 Å². The highest BCUT2D eigenvalue weighted by molar-refractivity contribution is 7.98. The summed E-state index contributed by atoms with van der Waals surface area (Å²) in [5.74, 6) is -0.192. The lowest BCUT2D eigenvalue weighted by Gasteiger charge is -2.15. The average molecular weight is 427 g/mol. The van der Waals surface area contributed by atoms with Crippen LogP contribution in [0.5, 0.6) is 5.75 Å². The minimum atomic E-state index is -1.11. The molecule has 0 aliphatic heterocycles. The first-order valence-electron chi connectivity index (χ1n) is 9.21. The third kappa shape index (κ3) is 5.64. The van der Waals surface area contributed by atoms with Crippen LogP contribution in [0.1, 0.15) is 11.1 Å². The van der Waals surface area contributed by atoms with Gasteiger partial charge in [0.1, 0.15) is 17.4 Å². The first kappa shape index (κ1) is 21.4. The summed E-state index contributed by atoms with van der Waals surface area (Å²) in [4.78, 5) is 35.9. The molecular formula is C22H21NO6S. The van der Waals surface area contributed by atoms with E-state index in [2.05, 4.69) is 5.32 Å². The molecule has 2 aromatic carbocycles. The Kier molecular flexibility index (Phi) is 7.13. The lowest BCUT2D eigenvalue weighted by atomic mass is 10.1. The number of aliphatic carboxylic acids is 1. The van der Waals surface area contributed by atoms with Gasteiger partial charge in [-0.15, -0.1) is 0 Å². The van der Waals surface area contributed by atoms with Crippen molar-refractivity contribution in [2.75, 3.05) is 12.9 Å². The second kappa shape index (κ2) is 9.98. The SMILES string of the molecule is COc1ccc2c(CC(=O)NC(CSCc3ccccc3)C(=O)O)cc(=O)oc2c1. The molecule has 0 spiro atoms. The summed E-state index contributed by atoms with van der Waals surface area (Å²) in [5.41, 5.74) is 1.25. The molecule has 1 aromatic heterocycles. The molecule has 1 heterocycles. The van der Waals surface area contributed by atoms with Gasteiger partial charge in [-0.1, -0.05) is 30.3 Å². The number of carbonyl (C=O) groups excluding carboxylic acids is 1. The van der Waals surface area contributed by atoms with Gasteiger partial charge in [-0.05, 0) is 23.3 Å². The van der Waals surface area contributed by atoms with Crippen molar-refractivity contribution >= 4 is 34.6 Å². The van der Waals surface area contributed by atoms with Crippen molar-refractivity contribution in [1.82, 2.24) is 5.32 Å². The summed E-state index contributed by atoms with van der Waals surface area (Å²) < 4.78 is 10.3. The molecule has 156 valence electrons. The minimum Gasteiger partial charge on any atom is -0.497 e. The molecule has 0 bridgehead atoms. The summed E-state index contributed by atoms with van der Waals surface area (Å²) in [5, 5.41) is 12.6. The van der Waals surface area contributed by atoms with E-state index in [4.69, 9.17) is 9.15 Å². The second-order valence-electron chi connectivity index (χ2n) is 6.59. The number of nitrogens with one attached hydrogen (secondary N) is 1. The Hall–Kier alpha value is -3.26. The van der Waals surface area contributed by atoms with E-state index in [-0.39, 0.29) is 12.2 Å². The molecule has 0 saturated carbocycles. The summed E-state index contributed by atoms with van der Waals surface area (Å²) >= 11 is 1.43. The molecule has 0 fully saturated rings. The smallest absolute Gasteiger partial charge is 0.336 e. The van der Waals surface area contributed by atoms with Crippen LogP contribution in [0.2, 0.25) is 0 Å². The van der Waals surface area contributed by atoms with Crippen molar-refractivity contribution in [3.8, 4) is 5.75 Å². The third-order valence-electron chi connectivity index (χ3n) is 4.42. The highest BCUT2D eigenvalue weighted by Crippen LogP contribution is 2.23. The van der Waals surface area contributed by atoms with Gasteiger partial charge in [-0.3, -0.25) is 4.79 Å². The normalized spacial score (nSPS) is 11.8. The molecule has 1 atom stereocenters. The molecule has 0 aliphatic carbocycles. The van der Waals surface area contributed by atoms with Crippen LogP contribution in [-0.4, -0.2) is 35.9 Å². The maximum atomic E-state index is 12.5. The third-order valence-corrected chi connectivity index (χ3v) is 5.52. The molecule has 0 saturated heterocycles.